The first-order chi connectivity index (χ1) is 11.5. The smallest absolute Gasteiger partial charge is 0.335 e. The normalized spacial score (nSPS) is 14.8. The molecule has 0 saturated carbocycles. The number of rotatable bonds is 3. The van der Waals surface area contributed by atoms with Crippen molar-refractivity contribution in [1.29, 1.82) is 0 Å². The van der Waals surface area contributed by atoms with Crippen molar-refractivity contribution < 1.29 is 19.1 Å². The number of carboxylic acids is 1. The molecule has 24 heavy (non-hydrogen) atoms. The quantitative estimate of drug-likeness (QED) is 0.870. The van der Waals surface area contributed by atoms with Gasteiger partial charge in [0.25, 0.3) is 0 Å². The van der Waals surface area contributed by atoms with Crippen molar-refractivity contribution in [3.63, 3.8) is 0 Å². The van der Waals surface area contributed by atoms with Crippen molar-refractivity contribution >= 4 is 37.9 Å². The van der Waals surface area contributed by atoms with Gasteiger partial charge in [0.15, 0.2) is 0 Å². The van der Waals surface area contributed by atoms with Gasteiger partial charge in [-0.15, -0.1) is 9.24 Å². The molecular formula is C17H16FN2O3P. The maximum absolute atomic E-state index is 14.1. The van der Waals surface area contributed by atoms with E-state index in [0.717, 1.165) is 5.30 Å². The maximum atomic E-state index is 14.1. The van der Waals surface area contributed by atoms with Gasteiger partial charge in [0, 0.05) is 18.8 Å². The number of amides is 2. The Morgan fingerprint density at radius 3 is 2.62 bits per heavy atom. The lowest BCUT2D eigenvalue weighted by atomic mass is 10.1. The number of carbonyl (C=O) groups excluding carboxylic acids is 1. The summed E-state index contributed by atoms with van der Waals surface area (Å²) in [4.78, 5) is 26.8. The maximum Gasteiger partial charge on any atom is 0.335 e. The molecule has 0 bridgehead atoms. The molecule has 3 rings (SSSR count). The van der Waals surface area contributed by atoms with Gasteiger partial charge in [-0.25, -0.2) is 14.0 Å². The van der Waals surface area contributed by atoms with Gasteiger partial charge >= 0.3 is 12.0 Å². The molecule has 1 fully saturated rings. The Morgan fingerprint density at radius 2 is 1.88 bits per heavy atom. The van der Waals surface area contributed by atoms with Crippen LogP contribution in [-0.4, -0.2) is 30.2 Å². The van der Waals surface area contributed by atoms with Gasteiger partial charge in [-0.05, 0) is 42.1 Å². The van der Waals surface area contributed by atoms with Crippen LogP contribution in [0.5, 0.6) is 0 Å². The number of hydrogen-bond acceptors (Lipinski definition) is 2. The Morgan fingerprint density at radius 1 is 1.12 bits per heavy atom. The molecule has 1 N–H and O–H groups in total. The summed E-state index contributed by atoms with van der Waals surface area (Å²) in [5, 5.41) is 9.89. The zero-order valence-electron chi connectivity index (χ0n) is 12.8. The molecule has 2 amide bonds. The van der Waals surface area contributed by atoms with Gasteiger partial charge in [0.1, 0.15) is 5.82 Å². The van der Waals surface area contributed by atoms with Gasteiger partial charge in [-0.3, -0.25) is 9.80 Å². The summed E-state index contributed by atoms with van der Waals surface area (Å²) in [6, 6.07) is 10.4. The van der Waals surface area contributed by atoms with Crippen LogP contribution in [0.3, 0.4) is 0 Å². The van der Waals surface area contributed by atoms with E-state index in [0.29, 0.717) is 25.2 Å². The highest BCUT2D eigenvalue weighted by Gasteiger charge is 2.29. The summed E-state index contributed by atoms with van der Waals surface area (Å²) < 4.78 is 14.1. The predicted molar refractivity (Wildman–Crippen MR) is 93.9 cm³/mol. The third kappa shape index (κ3) is 3.10. The fourth-order valence-electron chi connectivity index (χ4n) is 2.73. The molecule has 0 aromatic heterocycles. The Labute approximate surface area is 140 Å². The number of hydrogen-bond donors (Lipinski definition) is 1. The summed E-state index contributed by atoms with van der Waals surface area (Å²) in [5.41, 5.74) is 0.828. The van der Waals surface area contributed by atoms with Gasteiger partial charge in [0.2, 0.25) is 0 Å². The standard InChI is InChI=1S/C17H16FN2O3P/c18-14-6-5-13(24)10-15(14)20-8-2-7-19(17(20)23)12-4-1-3-11(9-12)16(21)22/h1,3-6,9-10H,2,7-8,24H2,(H,21,22). The number of anilines is 2. The van der Waals surface area contributed by atoms with E-state index in [1.807, 2.05) is 0 Å². The topological polar surface area (TPSA) is 60.9 Å². The number of carboxylic acid groups (broad SMARTS) is 1. The minimum absolute atomic E-state index is 0.107. The molecule has 124 valence electrons. The van der Waals surface area contributed by atoms with E-state index in [1.165, 1.54) is 28.0 Å². The van der Waals surface area contributed by atoms with Crippen molar-refractivity contribution in [2.24, 2.45) is 0 Å². The molecule has 1 saturated heterocycles. The Balaban J connectivity index is 1.94. The van der Waals surface area contributed by atoms with Crippen molar-refractivity contribution in [2.45, 2.75) is 6.42 Å². The lowest BCUT2D eigenvalue weighted by molar-refractivity contribution is 0.0697. The second-order valence-corrected chi connectivity index (χ2v) is 6.17. The van der Waals surface area contributed by atoms with Crippen molar-refractivity contribution in [3.8, 4) is 0 Å². The summed E-state index contributed by atoms with van der Waals surface area (Å²) in [6.45, 7) is 0.875. The Kier molecular flexibility index (Phi) is 4.49. The van der Waals surface area contributed by atoms with Crippen LogP contribution in [0.15, 0.2) is 42.5 Å². The first-order valence-electron chi connectivity index (χ1n) is 7.45. The minimum atomic E-state index is -1.06. The van der Waals surface area contributed by atoms with Gasteiger partial charge in [0.05, 0.1) is 11.3 Å². The second kappa shape index (κ2) is 6.57. The molecule has 0 radical (unpaired) electrons. The molecule has 2 aromatic carbocycles. The number of benzene rings is 2. The summed E-state index contributed by atoms with van der Waals surface area (Å²) in [6.07, 6.45) is 0.656. The molecule has 7 heteroatoms. The van der Waals surface area contributed by atoms with Crippen LogP contribution in [0.4, 0.5) is 20.6 Å². The van der Waals surface area contributed by atoms with E-state index < -0.39 is 11.8 Å². The van der Waals surface area contributed by atoms with Crippen LogP contribution in [0, 0.1) is 5.82 Å². The van der Waals surface area contributed by atoms with Crippen LogP contribution in [0.25, 0.3) is 0 Å². The number of urea groups is 1. The van der Waals surface area contributed by atoms with Crippen LogP contribution in [0.1, 0.15) is 16.8 Å². The summed E-state index contributed by atoms with van der Waals surface area (Å²) >= 11 is 0. The molecule has 1 unspecified atom stereocenters. The molecule has 1 heterocycles. The fourth-order valence-corrected chi connectivity index (χ4v) is 2.98. The van der Waals surface area contributed by atoms with E-state index in [9.17, 15) is 14.0 Å². The van der Waals surface area contributed by atoms with E-state index >= 15 is 0 Å². The molecule has 1 atom stereocenters. The lowest BCUT2D eigenvalue weighted by Crippen LogP contribution is -2.50. The van der Waals surface area contributed by atoms with Crippen LogP contribution in [-0.2, 0) is 0 Å². The molecule has 2 aromatic rings. The fraction of sp³-hybridized carbons (Fsp3) is 0.176. The van der Waals surface area contributed by atoms with E-state index in [4.69, 9.17) is 5.11 Å². The Bertz CT molecular complexity index is 812. The highest BCUT2D eigenvalue weighted by molar-refractivity contribution is 7.27. The van der Waals surface area contributed by atoms with E-state index in [1.54, 1.807) is 24.3 Å². The minimum Gasteiger partial charge on any atom is -0.478 e. The highest BCUT2D eigenvalue weighted by atomic mass is 31.0. The molecule has 0 aliphatic carbocycles. The first-order valence-corrected chi connectivity index (χ1v) is 8.02. The molecular weight excluding hydrogens is 330 g/mol. The summed E-state index contributed by atoms with van der Waals surface area (Å²) in [5.74, 6) is -1.52. The number of halogens is 1. The Hall–Kier alpha value is -2.46. The van der Waals surface area contributed by atoms with Crippen LogP contribution >= 0.6 is 9.24 Å². The zero-order chi connectivity index (χ0) is 17.3. The second-order valence-electron chi connectivity index (χ2n) is 5.51. The van der Waals surface area contributed by atoms with Gasteiger partial charge < -0.3 is 5.11 Å². The van der Waals surface area contributed by atoms with Gasteiger partial charge in [-0.2, -0.15) is 0 Å². The van der Waals surface area contributed by atoms with E-state index in [-0.39, 0.29) is 17.3 Å². The third-order valence-electron chi connectivity index (χ3n) is 3.89. The van der Waals surface area contributed by atoms with Gasteiger partial charge in [-0.1, -0.05) is 12.1 Å². The predicted octanol–water partition coefficient (Wildman–Crippen LogP) is 2.86. The largest absolute Gasteiger partial charge is 0.478 e. The molecule has 1 aliphatic rings. The third-order valence-corrected chi connectivity index (χ3v) is 4.25. The number of nitrogens with zero attached hydrogens (tertiary/aromatic N) is 2. The number of carbonyl (C=O) groups is 2. The highest BCUT2D eigenvalue weighted by Crippen LogP contribution is 2.27. The average molecular weight is 346 g/mol. The zero-order valence-corrected chi connectivity index (χ0v) is 13.9. The lowest BCUT2D eigenvalue weighted by Gasteiger charge is -2.36. The first kappa shape index (κ1) is 16.4. The molecule has 5 nitrogen and oxygen atoms in total. The van der Waals surface area contributed by atoms with Crippen molar-refractivity contribution in [3.05, 3.63) is 53.8 Å². The molecule has 1 aliphatic heterocycles. The SMILES string of the molecule is O=C(O)c1cccc(N2CCCN(c3cc(P)ccc3F)C2=O)c1. The summed E-state index contributed by atoms with van der Waals surface area (Å²) in [7, 11) is 2.48. The monoisotopic (exact) mass is 346 g/mol. The van der Waals surface area contributed by atoms with Crippen LogP contribution in [0.2, 0.25) is 0 Å². The van der Waals surface area contributed by atoms with Crippen LogP contribution < -0.4 is 15.1 Å². The average Bonchev–Trinajstić information content (AvgIpc) is 2.57. The van der Waals surface area contributed by atoms with Crippen molar-refractivity contribution in [2.75, 3.05) is 22.9 Å². The number of aromatic carboxylic acids is 1. The molecule has 0 spiro atoms. The van der Waals surface area contributed by atoms with E-state index in [2.05, 4.69) is 9.24 Å². The van der Waals surface area contributed by atoms with Crippen molar-refractivity contribution in [1.82, 2.24) is 0 Å².